The maximum atomic E-state index is 10.9. The Bertz CT molecular complexity index is 479. The molecule has 1 saturated carbocycles. The second kappa shape index (κ2) is 6.56. The number of hydrogen-bond acceptors (Lipinski definition) is 5. The van der Waals surface area contributed by atoms with Gasteiger partial charge < -0.3 is 15.8 Å². The molecule has 2 rings (SSSR count). The SMILES string of the molecule is COc1cc(NC2CCCCCC2N)cc([N+](=O)[O-])c1. The second-order valence-electron chi connectivity index (χ2n) is 5.23. The van der Waals surface area contributed by atoms with Crippen LogP contribution in [0.25, 0.3) is 0 Å². The number of nitro groups is 1. The molecule has 1 aromatic rings. The molecule has 1 aliphatic carbocycles. The topological polar surface area (TPSA) is 90.4 Å². The third-order valence-corrected chi connectivity index (χ3v) is 3.76. The third kappa shape index (κ3) is 3.60. The average Bonchev–Trinajstić information content (AvgIpc) is 2.64. The lowest BCUT2D eigenvalue weighted by Gasteiger charge is -2.24. The van der Waals surface area contributed by atoms with Crippen molar-refractivity contribution in [3.8, 4) is 5.75 Å². The summed E-state index contributed by atoms with van der Waals surface area (Å²) in [4.78, 5) is 10.5. The zero-order chi connectivity index (χ0) is 14.5. The van der Waals surface area contributed by atoms with E-state index < -0.39 is 4.92 Å². The van der Waals surface area contributed by atoms with Gasteiger partial charge in [-0.1, -0.05) is 19.3 Å². The van der Waals surface area contributed by atoms with Crippen LogP contribution in [0.4, 0.5) is 11.4 Å². The standard InChI is InChI=1S/C14H21N3O3/c1-20-12-8-10(7-11(9-12)17(18)19)16-14-6-4-2-3-5-13(14)15/h7-9,13-14,16H,2-6,15H2,1H3. The molecule has 0 spiro atoms. The second-order valence-corrected chi connectivity index (χ2v) is 5.23. The quantitative estimate of drug-likeness (QED) is 0.502. The Morgan fingerprint density at radius 3 is 2.75 bits per heavy atom. The fourth-order valence-corrected chi connectivity index (χ4v) is 2.62. The van der Waals surface area contributed by atoms with E-state index in [9.17, 15) is 10.1 Å². The number of anilines is 1. The number of nitro benzene ring substituents is 1. The highest BCUT2D eigenvalue weighted by atomic mass is 16.6. The van der Waals surface area contributed by atoms with Crippen LogP contribution < -0.4 is 15.8 Å². The molecule has 2 unspecified atom stereocenters. The average molecular weight is 279 g/mol. The summed E-state index contributed by atoms with van der Waals surface area (Å²) in [5.41, 5.74) is 6.88. The van der Waals surface area contributed by atoms with Crippen LogP contribution in [0.3, 0.4) is 0 Å². The molecule has 110 valence electrons. The van der Waals surface area contributed by atoms with Crippen LogP contribution in [-0.4, -0.2) is 24.1 Å². The van der Waals surface area contributed by atoms with Gasteiger partial charge in [0.25, 0.3) is 5.69 Å². The Morgan fingerprint density at radius 2 is 2.05 bits per heavy atom. The van der Waals surface area contributed by atoms with E-state index in [1.165, 1.54) is 25.7 Å². The van der Waals surface area contributed by atoms with Crippen LogP contribution in [0.2, 0.25) is 0 Å². The van der Waals surface area contributed by atoms with Crippen LogP contribution in [0, 0.1) is 10.1 Å². The molecule has 0 heterocycles. The largest absolute Gasteiger partial charge is 0.496 e. The Balaban J connectivity index is 2.18. The first-order valence-corrected chi connectivity index (χ1v) is 6.96. The van der Waals surface area contributed by atoms with E-state index >= 15 is 0 Å². The molecule has 0 amide bonds. The Kier molecular flexibility index (Phi) is 4.79. The zero-order valence-electron chi connectivity index (χ0n) is 11.7. The number of nitrogens with one attached hydrogen (secondary N) is 1. The smallest absolute Gasteiger partial charge is 0.275 e. The summed E-state index contributed by atoms with van der Waals surface area (Å²) in [6, 6.07) is 4.95. The van der Waals surface area contributed by atoms with Gasteiger partial charge in [-0.3, -0.25) is 10.1 Å². The molecule has 6 nitrogen and oxygen atoms in total. The van der Waals surface area contributed by atoms with Crippen LogP contribution in [0.1, 0.15) is 32.1 Å². The summed E-state index contributed by atoms with van der Waals surface area (Å²) in [6.45, 7) is 0. The van der Waals surface area contributed by atoms with Crippen molar-refractivity contribution in [2.75, 3.05) is 12.4 Å². The highest BCUT2D eigenvalue weighted by molar-refractivity contribution is 5.57. The number of rotatable bonds is 4. The van der Waals surface area contributed by atoms with E-state index in [1.807, 2.05) is 0 Å². The van der Waals surface area contributed by atoms with Crippen molar-refractivity contribution in [1.82, 2.24) is 0 Å². The molecule has 0 aliphatic heterocycles. The molecule has 2 atom stereocenters. The predicted molar refractivity (Wildman–Crippen MR) is 78.1 cm³/mol. The Morgan fingerprint density at radius 1 is 1.30 bits per heavy atom. The third-order valence-electron chi connectivity index (χ3n) is 3.76. The first-order valence-electron chi connectivity index (χ1n) is 6.96. The van der Waals surface area contributed by atoms with Gasteiger partial charge in [-0.05, 0) is 12.8 Å². The van der Waals surface area contributed by atoms with Crippen molar-refractivity contribution in [1.29, 1.82) is 0 Å². The monoisotopic (exact) mass is 279 g/mol. The van der Waals surface area contributed by atoms with Gasteiger partial charge in [0.15, 0.2) is 0 Å². The maximum Gasteiger partial charge on any atom is 0.275 e. The molecule has 1 aliphatic rings. The Labute approximate surface area is 118 Å². The normalized spacial score (nSPS) is 22.9. The molecule has 0 bridgehead atoms. The maximum absolute atomic E-state index is 10.9. The van der Waals surface area contributed by atoms with Crippen LogP contribution >= 0.6 is 0 Å². The van der Waals surface area contributed by atoms with Gasteiger partial charge in [-0.15, -0.1) is 0 Å². The van der Waals surface area contributed by atoms with Crippen molar-refractivity contribution >= 4 is 11.4 Å². The van der Waals surface area contributed by atoms with Crippen LogP contribution in [0.15, 0.2) is 18.2 Å². The highest BCUT2D eigenvalue weighted by Gasteiger charge is 2.21. The summed E-state index contributed by atoms with van der Waals surface area (Å²) >= 11 is 0. The van der Waals surface area contributed by atoms with E-state index in [1.54, 1.807) is 6.07 Å². The molecule has 1 fully saturated rings. The van der Waals surface area contributed by atoms with Gasteiger partial charge in [0.2, 0.25) is 0 Å². The van der Waals surface area contributed by atoms with Gasteiger partial charge in [0.1, 0.15) is 5.75 Å². The van der Waals surface area contributed by atoms with E-state index in [2.05, 4.69) is 5.32 Å². The molecule has 0 saturated heterocycles. The summed E-state index contributed by atoms with van der Waals surface area (Å²) in [6.07, 6.45) is 5.47. The molecule has 3 N–H and O–H groups in total. The van der Waals surface area contributed by atoms with E-state index in [0.29, 0.717) is 11.4 Å². The van der Waals surface area contributed by atoms with E-state index in [4.69, 9.17) is 10.5 Å². The van der Waals surface area contributed by atoms with E-state index in [-0.39, 0.29) is 17.8 Å². The lowest BCUT2D eigenvalue weighted by atomic mass is 10.0. The first kappa shape index (κ1) is 14.6. The van der Waals surface area contributed by atoms with Crippen molar-refractivity contribution in [2.24, 2.45) is 5.73 Å². The highest BCUT2D eigenvalue weighted by Crippen LogP contribution is 2.28. The van der Waals surface area contributed by atoms with Gasteiger partial charge in [0.05, 0.1) is 18.1 Å². The summed E-state index contributed by atoms with van der Waals surface area (Å²) in [5.74, 6) is 0.476. The number of nitrogens with zero attached hydrogens (tertiary/aromatic N) is 1. The fourth-order valence-electron chi connectivity index (χ4n) is 2.62. The molecule has 0 aromatic heterocycles. The lowest BCUT2D eigenvalue weighted by Crippen LogP contribution is -2.39. The van der Waals surface area contributed by atoms with Crippen molar-refractivity contribution in [3.05, 3.63) is 28.3 Å². The fraction of sp³-hybridized carbons (Fsp3) is 0.571. The van der Waals surface area contributed by atoms with E-state index in [0.717, 1.165) is 25.7 Å². The van der Waals surface area contributed by atoms with Crippen LogP contribution in [-0.2, 0) is 0 Å². The molecule has 20 heavy (non-hydrogen) atoms. The summed E-state index contributed by atoms with van der Waals surface area (Å²) in [5, 5.41) is 14.3. The lowest BCUT2D eigenvalue weighted by molar-refractivity contribution is -0.384. The molecule has 1 aromatic carbocycles. The molecule has 0 radical (unpaired) electrons. The van der Waals surface area contributed by atoms with Gasteiger partial charge >= 0.3 is 0 Å². The predicted octanol–water partition coefficient (Wildman–Crippen LogP) is 2.68. The van der Waals surface area contributed by atoms with Crippen LogP contribution in [0.5, 0.6) is 5.75 Å². The zero-order valence-corrected chi connectivity index (χ0v) is 11.7. The summed E-state index contributed by atoms with van der Waals surface area (Å²) in [7, 11) is 1.50. The minimum absolute atomic E-state index is 0.0223. The molecular formula is C14H21N3O3. The van der Waals surface area contributed by atoms with Crippen molar-refractivity contribution in [2.45, 2.75) is 44.2 Å². The Hall–Kier alpha value is -1.82. The van der Waals surface area contributed by atoms with Gasteiger partial charge in [-0.2, -0.15) is 0 Å². The number of benzene rings is 1. The summed E-state index contributed by atoms with van der Waals surface area (Å²) < 4.78 is 5.11. The molecule has 6 heteroatoms. The number of non-ortho nitro benzene ring substituents is 1. The van der Waals surface area contributed by atoms with Crippen molar-refractivity contribution in [3.63, 3.8) is 0 Å². The number of nitrogens with two attached hydrogens (primary N) is 1. The minimum atomic E-state index is -0.416. The van der Waals surface area contributed by atoms with Gasteiger partial charge in [-0.25, -0.2) is 0 Å². The number of hydrogen-bond donors (Lipinski definition) is 2. The molecular weight excluding hydrogens is 258 g/mol. The first-order chi connectivity index (χ1) is 9.60. The number of ether oxygens (including phenoxy) is 1. The van der Waals surface area contributed by atoms with Gasteiger partial charge in [0, 0.05) is 29.9 Å². The number of methoxy groups -OCH3 is 1. The van der Waals surface area contributed by atoms with Crippen molar-refractivity contribution < 1.29 is 9.66 Å². The minimum Gasteiger partial charge on any atom is -0.496 e.